The number of benzene rings is 1. The van der Waals surface area contributed by atoms with E-state index >= 15 is 0 Å². The first-order valence-corrected chi connectivity index (χ1v) is 11.9. The maximum atomic E-state index is 13.0. The lowest BCUT2D eigenvalue weighted by molar-refractivity contribution is -0.138. The number of nitrogens with two attached hydrogens (primary N) is 1. The van der Waals surface area contributed by atoms with Crippen molar-refractivity contribution < 1.29 is 27.9 Å². The number of nitrogen functional groups attached to an aromatic ring is 1. The zero-order chi connectivity index (χ0) is 27.0. The highest BCUT2D eigenvalue weighted by Crippen LogP contribution is 2.41. The molecule has 1 aliphatic rings. The molecule has 4 N–H and O–H groups in total. The van der Waals surface area contributed by atoms with Gasteiger partial charge in [0.25, 0.3) is 5.91 Å². The lowest BCUT2D eigenvalue weighted by Gasteiger charge is -2.09. The maximum Gasteiger partial charge on any atom is 0.416 e. The molecule has 196 valence electrons. The summed E-state index contributed by atoms with van der Waals surface area (Å²) in [6.07, 6.45) is 2.21. The minimum Gasteiger partial charge on any atom is -0.481 e. The summed E-state index contributed by atoms with van der Waals surface area (Å²) < 4.78 is 40.8. The molecular formula is C26H23F3N6O3. The van der Waals surface area contributed by atoms with E-state index in [1.54, 1.807) is 24.5 Å². The van der Waals surface area contributed by atoms with Crippen LogP contribution in [-0.4, -0.2) is 36.3 Å². The molecule has 0 saturated heterocycles. The Morgan fingerprint density at radius 3 is 2.58 bits per heavy atom. The number of hydrogen-bond donors (Lipinski definition) is 3. The van der Waals surface area contributed by atoms with Gasteiger partial charge >= 0.3 is 12.1 Å². The van der Waals surface area contributed by atoms with Crippen LogP contribution in [0.15, 0.2) is 55.0 Å². The van der Waals surface area contributed by atoms with Crippen molar-refractivity contribution in [2.45, 2.75) is 37.8 Å². The summed E-state index contributed by atoms with van der Waals surface area (Å²) in [5, 5.41) is 11.5. The largest absolute Gasteiger partial charge is 0.481 e. The quantitative estimate of drug-likeness (QED) is 0.323. The summed E-state index contributed by atoms with van der Waals surface area (Å²) in [6.45, 7) is 0. The Labute approximate surface area is 214 Å². The second-order valence-electron chi connectivity index (χ2n) is 9.28. The Morgan fingerprint density at radius 2 is 1.87 bits per heavy atom. The molecule has 1 amide bonds. The van der Waals surface area contributed by atoms with Gasteiger partial charge in [0.2, 0.25) is 0 Å². The van der Waals surface area contributed by atoms with E-state index in [0.29, 0.717) is 23.2 Å². The molecule has 3 aromatic heterocycles. The number of carboxylic acid groups (broad SMARTS) is 1. The molecule has 3 heterocycles. The Kier molecular flexibility index (Phi) is 6.47. The molecule has 9 nitrogen and oxygen atoms in total. The molecular weight excluding hydrogens is 501 g/mol. The van der Waals surface area contributed by atoms with Crippen LogP contribution in [0.1, 0.15) is 53.3 Å². The first-order valence-electron chi connectivity index (χ1n) is 11.9. The van der Waals surface area contributed by atoms with Gasteiger partial charge in [0, 0.05) is 42.1 Å². The fourth-order valence-corrected chi connectivity index (χ4v) is 4.96. The van der Waals surface area contributed by atoms with Gasteiger partial charge in [0.05, 0.1) is 5.56 Å². The van der Waals surface area contributed by atoms with E-state index in [2.05, 4.69) is 15.3 Å². The second-order valence-corrected chi connectivity index (χ2v) is 9.28. The number of nitrogens with zero attached hydrogens (tertiary/aromatic N) is 4. The van der Waals surface area contributed by atoms with Crippen molar-refractivity contribution in [2.75, 3.05) is 11.1 Å². The highest BCUT2D eigenvalue weighted by atomic mass is 19.4. The van der Waals surface area contributed by atoms with E-state index in [1.165, 1.54) is 12.1 Å². The molecule has 0 unspecified atom stereocenters. The molecule has 0 aliphatic heterocycles. The number of alkyl halides is 3. The van der Waals surface area contributed by atoms with Crippen molar-refractivity contribution in [3.05, 3.63) is 71.9 Å². The lowest BCUT2D eigenvalue weighted by atomic mass is 10.0. The van der Waals surface area contributed by atoms with Gasteiger partial charge in [0.15, 0.2) is 0 Å². The molecule has 1 fully saturated rings. The van der Waals surface area contributed by atoms with E-state index in [-0.39, 0.29) is 35.5 Å². The minimum absolute atomic E-state index is 0.0624. The van der Waals surface area contributed by atoms with Crippen LogP contribution in [0.25, 0.3) is 16.8 Å². The number of hydrogen-bond acceptors (Lipinski definition) is 6. The lowest BCUT2D eigenvalue weighted by Crippen LogP contribution is -2.14. The number of amides is 1. The molecule has 1 aromatic carbocycles. The molecule has 0 spiro atoms. The number of anilines is 2. The van der Waals surface area contributed by atoms with Crippen LogP contribution in [0.5, 0.6) is 0 Å². The van der Waals surface area contributed by atoms with Gasteiger partial charge < -0.3 is 16.2 Å². The van der Waals surface area contributed by atoms with Gasteiger partial charge in [0.1, 0.15) is 28.7 Å². The number of aromatic nitrogens is 4. The van der Waals surface area contributed by atoms with Crippen LogP contribution in [0, 0.1) is 5.92 Å². The number of halogens is 3. The molecule has 1 saturated carbocycles. The summed E-state index contributed by atoms with van der Waals surface area (Å²) in [5.74, 6) is -0.450. The zero-order valence-electron chi connectivity index (χ0n) is 19.9. The summed E-state index contributed by atoms with van der Waals surface area (Å²) in [4.78, 5) is 36.7. The van der Waals surface area contributed by atoms with Crippen LogP contribution in [0.4, 0.5) is 24.8 Å². The topological polar surface area (TPSA) is 136 Å². The SMILES string of the molecule is Nc1nccn2c([C@@H]3CC[C@H](CC(=O)O)C3)nc(-c3ccc(C(=O)Nc4cc(C(F)(F)F)ccn4)cc3)c12. The highest BCUT2D eigenvalue weighted by Gasteiger charge is 2.32. The first kappa shape index (κ1) is 25.2. The number of nitrogens with one attached hydrogen (secondary N) is 1. The van der Waals surface area contributed by atoms with Crippen molar-refractivity contribution in [3.63, 3.8) is 0 Å². The summed E-state index contributed by atoms with van der Waals surface area (Å²) in [6, 6.07) is 8.02. The summed E-state index contributed by atoms with van der Waals surface area (Å²) in [5.41, 5.74) is 7.35. The second kappa shape index (κ2) is 9.77. The Morgan fingerprint density at radius 1 is 1.11 bits per heavy atom. The van der Waals surface area contributed by atoms with E-state index in [9.17, 15) is 22.8 Å². The normalized spacial score (nSPS) is 17.6. The molecule has 0 bridgehead atoms. The first-order chi connectivity index (χ1) is 18.1. The highest BCUT2D eigenvalue weighted by molar-refractivity contribution is 6.04. The molecule has 1 aliphatic carbocycles. The van der Waals surface area contributed by atoms with E-state index in [0.717, 1.165) is 37.0 Å². The van der Waals surface area contributed by atoms with Gasteiger partial charge in [-0.05, 0) is 49.4 Å². The van der Waals surface area contributed by atoms with E-state index < -0.39 is 23.6 Å². The fourth-order valence-electron chi connectivity index (χ4n) is 4.96. The van der Waals surface area contributed by atoms with Gasteiger partial charge in [-0.25, -0.2) is 15.0 Å². The Balaban J connectivity index is 1.41. The molecule has 38 heavy (non-hydrogen) atoms. The van der Waals surface area contributed by atoms with Gasteiger partial charge in [-0.15, -0.1) is 0 Å². The molecule has 4 aromatic rings. The van der Waals surface area contributed by atoms with Crippen LogP contribution < -0.4 is 11.1 Å². The summed E-state index contributed by atoms with van der Waals surface area (Å²) >= 11 is 0. The monoisotopic (exact) mass is 524 g/mol. The minimum atomic E-state index is -4.55. The number of carbonyl (C=O) groups is 2. The van der Waals surface area contributed by atoms with E-state index in [1.807, 2.05) is 4.40 Å². The molecule has 0 radical (unpaired) electrons. The van der Waals surface area contributed by atoms with Crippen LogP contribution in [0.2, 0.25) is 0 Å². The van der Waals surface area contributed by atoms with Crippen molar-refractivity contribution >= 4 is 29.0 Å². The van der Waals surface area contributed by atoms with Gasteiger partial charge in [-0.3, -0.25) is 14.0 Å². The Bertz CT molecular complexity index is 1520. The predicted octanol–water partition coefficient (Wildman–Crippen LogP) is 5.00. The third-order valence-corrected chi connectivity index (χ3v) is 6.73. The van der Waals surface area contributed by atoms with Crippen LogP contribution >= 0.6 is 0 Å². The maximum absolute atomic E-state index is 13.0. The number of rotatable bonds is 6. The number of carbonyl (C=O) groups excluding carboxylic acids is 1. The number of aliphatic carboxylic acids is 1. The molecule has 2 atom stereocenters. The van der Waals surface area contributed by atoms with Gasteiger partial charge in [-0.1, -0.05) is 12.1 Å². The Hall–Kier alpha value is -4.48. The smallest absolute Gasteiger partial charge is 0.416 e. The number of fused-ring (bicyclic) bond motifs is 1. The average molecular weight is 525 g/mol. The van der Waals surface area contributed by atoms with Crippen molar-refractivity contribution in [1.82, 2.24) is 19.4 Å². The van der Waals surface area contributed by atoms with Crippen molar-refractivity contribution in [3.8, 4) is 11.3 Å². The van der Waals surface area contributed by atoms with Crippen LogP contribution in [0.3, 0.4) is 0 Å². The zero-order valence-corrected chi connectivity index (χ0v) is 19.9. The van der Waals surface area contributed by atoms with Gasteiger partial charge in [-0.2, -0.15) is 13.2 Å². The summed E-state index contributed by atoms with van der Waals surface area (Å²) in [7, 11) is 0. The van der Waals surface area contributed by atoms with E-state index in [4.69, 9.17) is 15.8 Å². The number of carboxylic acids is 1. The number of pyridine rings is 1. The fraction of sp³-hybridized carbons (Fsp3) is 0.269. The predicted molar refractivity (Wildman–Crippen MR) is 132 cm³/mol. The molecule has 12 heteroatoms. The van der Waals surface area contributed by atoms with Crippen molar-refractivity contribution in [1.29, 1.82) is 0 Å². The molecule has 5 rings (SSSR count). The van der Waals surface area contributed by atoms with Crippen LogP contribution in [-0.2, 0) is 11.0 Å². The van der Waals surface area contributed by atoms with Crippen molar-refractivity contribution in [2.24, 2.45) is 5.92 Å². The standard InChI is InChI=1S/C26H23F3N6O3/c27-26(28,29)18-7-8-31-19(13-18)33-25(38)16-5-3-15(4-6-16)21-22-23(30)32-9-10-35(22)24(34-21)17-2-1-14(11-17)12-20(36)37/h3-10,13-14,17H,1-2,11-12H2,(H2,30,32)(H,36,37)(H,31,33,38)/t14-,17+/m0/s1. The third kappa shape index (κ3) is 5.01. The average Bonchev–Trinajstić information content (AvgIpc) is 3.49. The third-order valence-electron chi connectivity index (χ3n) is 6.73. The number of imidazole rings is 1.